The van der Waals surface area contributed by atoms with Crippen molar-refractivity contribution >= 4 is 22.4 Å². The molecular formula is C11H14N6S. The summed E-state index contributed by atoms with van der Waals surface area (Å²) in [5, 5.41) is 5.49. The zero-order valence-corrected chi connectivity index (χ0v) is 10.7. The molecule has 0 spiro atoms. The first kappa shape index (κ1) is 12.5. The van der Waals surface area contributed by atoms with Crippen LogP contribution in [-0.2, 0) is 6.54 Å². The first-order valence-corrected chi connectivity index (χ1v) is 6.22. The molecule has 5 N–H and O–H groups in total. The molecule has 7 heteroatoms. The lowest BCUT2D eigenvalue weighted by molar-refractivity contribution is 0.992. The summed E-state index contributed by atoms with van der Waals surface area (Å²) in [5.41, 5.74) is 13.6. The molecule has 0 aliphatic heterocycles. The number of aromatic nitrogens is 2. The van der Waals surface area contributed by atoms with Gasteiger partial charge in [0.2, 0.25) is 0 Å². The van der Waals surface area contributed by atoms with E-state index < -0.39 is 0 Å². The molecule has 0 amide bonds. The van der Waals surface area contributed by atoms with E-state index in [-0.39, 0.29) is 0 Å². The second-order valence-electron chi connectivity index (χ2n) is 3.49. The summed E-state index contributed by atoms with van der Waals surface area (Å²) in [6, 6.07) is 5.70. The van der Waals surface area contributed by atoms with Gasteiger partial charge in [0.05, 0.1) is 11.4 Å². The Bertz CT molecular complexity index is 562. The maximum absolute atomic E-state index is 5.57. The third kappa shape index (κ3) is 2.82. The van der Waals surface area contributed by atoms with Gasteiger partial charge in [-0.1, -0.05) is 6.07 Å². The van der Waals surface area contributed by atoms with Crippen LogP contribution in [0.4, 0.5) is 5.13 Å². The zero-order chi connectivity index (χ0) is 13.0. The van der Waals surface area contributed by atoms with E-state index >= 15 is 0 Å². The van der Waals surface area contributed by atoms with Crippen LogP contribution in [0.25, 0.3) is 11.4 Å². The number of nitrogens with one attached hydrogen (secondary N) is 1. The molecule has 0 radical (unpaired) electrons. The molecule has 6 nitrogen and oxygen atoms in total. The van der Waals surface area contributed by atoms with Gasteiger partial charge >= 0.3 is 0 Å². The van der Waals surface area contributed by atoms with E-state index in [1.54, 1.807) is 7.05 Å². The van der Waals surface area contributed by atoms with E-state index in [0.29, 0.717) is 17.6 Å². The molecule has 0 saturated carbocycles. The number of guanidine groups is 1. The quantitative estimate of drug-likeness (QED) is 0.566. The minimum Gasteiger partial charge on any atom is -0.370 e. The molecule has 0 aliphatic rings. The molecule has 2 aromatic heterocycles. The largest absolute Gasteiger partial charge is 0.370 e. The smallest absolute Gasteiger partial charge is 0.194 e. The second-order valence-corrected chi connectivity index (χ2v) is 4.35. The molecular weight excluding hydrogens is 248 g/mol. The summed E-state index contributed by atoms with van der Waals surface area (Å²) in [6.45, 7) is 0.415. The lowest BCUT2D eigenvalue weighted by Gasteiger charge is -2.00. The van der Waals surface area contributed by atoms with Crippen LogP contribution in [0.5, 0.6) is 0 Å². The van der Waals surface area contributed by atoms with Crippen LogP contribution >= 0.6 is 11.3 Å². The number of hydrogen-bond donors (Lipinski definition) is 3. The van der Waals surface area contributed by atoms with Gasteiger partial charge in [0.25, 0.3) is 0 Å². The molecule has 0 bridgehead atoms. The van der Waals surface area contributed by atoms with E-state index in [0.717, 1.165) is 17.1 Å². The fourth-order valence-corrected chi connectivity index (χ4v) is 2.06. The Balaban J connectivity index is 2.23. The third-order valence-corrected chi connectivity index (χ3v) is 3.02. The summed E-state index contributed by atoms with van der Waals surface area (Å²) in [7, 11) is 1.61. The van der Waals surface area contributed by atoms with Gasteiger partial charge in [-0.25, -0.2) is 9.97 Å². The summed E-state index contributed by atoms with van der Waals surface area (Å²) >= 11 is 1.45. The van der Waals surface area contributed by atoms with Crippen molar-refractivity contribution in [2.45, 2.75) is 6.54 Å². The summed E-state index contributed by atoms with van der Waals surface area (Å²) in [5.74, 6) is 0.333. The van der Waals surface area contributed by atoms with Gasteiger partial charge in [0.15, 0.2) is 11.1 Å². The Morgan fingerprint density at radius 2 is 2.22 bits per heavy atom. The Labute approximate surface area is 109 Å². The predicted octanol–water partition coefficient (Wildman–Crippen LogP) is 1.02. The highest BCUT2D eigenvalue weighted by Crippen LogP contribution is 2.23. The highest BCUT2D eigenvalue weighted by atomic mass is 32.1. The molecule has 0 aromatic carbocycles. The molecule has 0 fully saturated rings. The highest BCUT2D eigenvalue weighted by Gasteiger charge is 2.06. The van der Waals surface area contributed by atoms with E-state index in [2.05, 4.69) is 20.3 Å². The predicted molar refractivity (Wildman–Crippen MR) is 74.4 cm³/mol. The molecule has 2 rings (SSSR count). The van der Waals surface area contributed by atoms with Crippen LogP contribution in [-0.4, -0.2) is 23.0 Å². The average Bonchev–Trinajstić information content (AvgIpc) is 2.87. The minimum absolute atomic E-state index is 0.333. The Hall–Kier alpha value is -1.99. The van der Waals surface area contributed by atoms with Crippen molar-refractivity contribution in [3.63, 3.8) is 0 Å². The summed E-state index contributed by atoms with van der Waals surface area (Å²) in [4.78, 5) is 12.6. The Kier molecular flexibility index (Phi) is 3.85. The highest BCUT2D eigenvalue weighted by molar-refractivity contribution is 7.14. The van der Waals surface area contributed by atoms with Crippen molar-refractivity contribution < 1.29 is 0 Å². The summed E-state index contributed by atoms with van der Waals surface area (Å²) < 4.78 is 0. The molecule has 0 aliphatic carbocycles. The van der Waals surface area contributed by atoms with Gasteiger partial charge in [-0.05, 0) is 12.1 Å². The van der Waals surface area contributed by atoms with Crippen LogP contribution in [0.3, 0.4) is 0 Å². The van der Waals surface area contributed by atoms with Crippen molar-refractivity contribution in [3.8, 4) is 11.4 Å². The third-order valence-electron chi connectivity index (χ3n) is 2.26. The molecule has 0 unspecified atom stereocenters. The normalized spacial score (nSPS) is 11.6. The van der Waals surface area contributed by atoms with Crippen molar-refractivity contribution in [1.82, 2.24) is 9.97 Å². The van der Waals surface area contributed by atoms with Crippen LogP contribution in [0, 0.1) is 0 Å². The lowest BCUT2D eigenvalue weighted by atomic mass is 10.2. The van der Waals surface area contributed by atoms with Gasteiger partial charge in [-0.3, -0.25) is 4.99 Å². The Morgan fingerprint density at radius 1 is 1.39 bits per heavy atom. The number of nitrogens with zero attached hydrogens (tertiary/aromatic N) is 3. The number of anilines is 1. The number of pyridine rings is 1. The lowest BCUT2D eigenvalue weighted by Crippen LogP contribution is -2.21. The number of nitrogens with two attached hydrogens (primary N) is 2. The van der Waals surface area contributed by atoms with E-state index in [1.165, 1.54) is 11.3 Å². The number of thiazole rings is 1. The Morgan fingerprint density at radius 3 is 2.94 bits per heavy atom. The van der Waals surface area contributed by atoms with Crippen LogP contribution in [0.15, 0.2) is 28.6 Å². The molecule has 0 saturated heterocycles. The fraction of sp³-hybridized carbons (Fsp3) is 0.182. The topological polar surface area (TPSA) is 102 Å². The first-order valence-electron chi connectivity index (χ1n) is 5.34. The molecule has 2 aromatic rings. The minimum atomic E-state index is 0.333. The van der Waals surface area contributed by atoms with Gasteiger partial charge in [-0.2, -0.15) is 0 Å². The number of hydrogen-bond acceptors (Lipinski definition) is 5. The zero-order valence-electron chi connectivity index (χ0n) is 9.92. The van der Waals surface area contributed by atoms with Crippen LogP contribution < -0.4 is 16.8 Å². The summed E-state index contributed by atoms with van der Waals surface area (Å²) in [6.07, 6.45) is 0. The van der Waals surface area contributed by atoms with Gasteiger partial charge in [0.1, 0.15) is 5.69 Å². The molecule has 2 heterocycles. The molecule has 0 atom stereocenters. The van der Waals surface area contributed by atoms with E-state index in [1.807, 2.05) is 23.6 Å². The molecule has 18 heavy (non-hydrogen) atoms. The number of aliphatic imine (C=N–C) groups is 1. The second kappa shape index (κ2) is 5.56. The van der Waals surface area contributed by atoms with Crippen molar-refractivity contribution in [3.05, 3.63) is 29.3 Å². The van der Waals surface area contributed by atoms with Crippen molar-refractivity contribution in [2.75, 3.05) is 12.4 Å². The fourth-order valence-electron chi connectivity index (χ4n) is 1.35. The van der Waals surface area contributed by atoms with Crippen LogP contribution in [0.2, 0.25) is 0 Å². The van der Waals surface area contributed by atoms with Crippen molar-refractivity contribution in [2.24, 2.45) is 16.5 Å². The van der Waals surface area contributed by atoms with Crippen LogP contribution in [0.1, 0.15) is 5.69 Å². The maximum atomic E-state index is 5.57. The standard InChI is InChI=1S/C11H14N6S/c1-14-10(13)17-11-16-9(6-18-11)8-4-2-3-7(5-12)15-8/h2-4,6H,5,12H2,1H3,(H3,13,14,16,17). The SMILES string of the molecule is CN=C(N)Nc1nc(-c2cccc(CN)n2)cs1. The maximum Gasteiger partial charge on any atom is 0.194 e. The van der Waals surface area contributed by atoms with E-state index in [4.69, 9.17) is 11.5 Å². The van der Waals surface area contributed by atoms with Crippen molar-refractivity contribution in [1.29, 1.82) is 0 Å². The van der Waals surface area contributed by atoms with E-state index in [9.17, 15) is 0 Å². The van der Waals surface area contributed by atoms with Gasteiger partial charge < -0.3 is 16.8 Å². The van der Waals surface area contributed by atoms with Gasteiger partial charge in [-0.15, -0.1) is 11.3 Å². The van der Waals surface area contributed by atoms with Gasteiger partial charge in [0, 0.05) is 19.0 Å². The molecule has 94 valence electrons. The number of rotatable bonds is 3. The average molecular weight is 262 g/mol. The first-order chi connectivity index (χ1) is 8.72. The monoisotopic (exact) mass is 262 g/mol.